The standard InChI is InChI=1S/C13H10FN3O4/c1-21-11-7-9(17(19)20)2-3-10(11)16-13(18)8-4-5-15-12(14)6-8/h2-7H,1H3,(H,16,18). The number of hydrogen-bond acceptors (Lipinski definition) is 5. The number of nitrogens with zero attached hydrogens (tertiary/aromatic N) is 2. The number of carbonyl (C=O) groups excluding carboxylic acids is 1. The zero-order chi connectivity index (χ0) is 15.4. The van der Waals surface area contributed by atoms with Gasteiger partial charge in [-0.05, 0) is 12.1 Å². The molecule has 0 atom stereocenters. The molecule has 1 amide bonds. The van der Waals surface area contributed by atoms with Gasteiger partial charge in [0.1, 0.15) is 5.75 Å². The highest BCUT2D eigenvalue weighted by molar-refractivity contribution is 6.05. The number of nitro groups is 1. The van der Waals surface area contributed by atoms with Gasteiger partial charge >= 0.3 is 0 Å². The molecule has 108 valence electrons. The fourth-order valence-electron chi connectivity index (χ4n) is 1.63. The van der Waals surface area contributed by atoms with Crippen LogP contribution in [0.1, 0.15) is 10.4 Å². The Hall–Kier alpha value is -3.03. The van der Waals surface area contributed by atoms with E-state index in [1.54, 1.807) is 0 Å². The minimum absolute atomic E-state index is 0.0721. The van der Waals surface area contributed by atoms with Crippen LogP contribution in [0.3, 0.4) is 0 Å². The predicted molar refractivity (Wildman–Crippen MR) is 71.8 cm³/mol. The van der Waals surface area contributed by atoms with Crippen LogP contribution in [0, 0.1) is 16.1 Å². The number of amides is 1. The third-order valence-corrected chi connectivity index (χ3v) is 2.63. The van der Waals surface area contributed by atoms with Gasteiger partial charge in [0.2, 0.25) is 5.95 Å². The van der Waals surface area contributed by atoms with Crippen LogP contribution in [-0.4, -0.2) is 22.9 Å². The number of carbonyl (C=O) groups is 1. The molecule has 8 heteroatoms. The monoisotopic (exact) mass is 291 g/mol. The third-order valence-electron chi connectivity index (χ3n) is 2.63. The zero-order valence-electron chi connectivity index (χ0n) is 10.9. The van der Waals surface area contributed by atoms with Crippen LogP contribution in [0.2, 0.25) is 0 Å². The van der Waals surface area contributed by atoms with Crippen LogP contribution in [0.5, 0.6) is 5.75 Å². The Kier molecular flexibility index (Phi) is 4.07. The summed E-state index contributed by atoms with van der Waals surface area (Å²) in [5.74, 6) is -1.23. The summed E-state index contributed by atoms with van der Waals surface area (Å²) in [4.78, 5) is 25.4. The minimum atomic E-state index is -0.779. The Morgan fingerprint density at radius 2 is 2.14 bits per heavy atom. The van der Waals surface area contributed by atoms with E-state index in [2.05, 4.69) is 10.3 Å². The molecule has 21 heavy (non-hydrogen) atoms. The van der Waals surface area contributed by atoms with E-state index < -0.39 is 16.8 Å². The quantitative estimate of drug-likeness (QED) is 0.530. The maximum absolute atomic E-state index is 13.0. The Labute approximate surface area is 118 Å². The highest BCUT2D eigenvalue weighted by Crippen LogP contribution is 2.29. The zero-order valence-corrected chi connectivity index (χ0v) is 10.9. The summed E-state index contributed by atoms with van der Waals surface area (Å²) in [5, 5.41) is 13.2. The Balaban J connectivity index is 2.27. The second kappa shape index (κ2) is 5.95. The van der Waals surface area contributed by atoms with Gasteiger partial charge in [-0.3, -0.25) is 14.9 Å². The van der Waals surface area contributed by atoms with Gasteiger partial charge in [0.05, 0.1) is 23.8 Å². The lowest BCUT2D eigenvalue weighted by Crippen LogP contribution is -2.13. The first-order chi connectivity index (χ1) is 10.0. The molecule has 1 heterocycles. The molecule has 0 saturated carbocycles. The number of aromatic nitrogens is 1. The van der Waals surface area contributed by atoms with Gasteiger partial charge in [-0.25, -0.2) is 4.98 Å². The molecule has 0 bridgehead atoms. The van der Waals surface area contributed by atoms with Gasteiger partial charge in [0, 0.05) is 23.9 Å². The van der Waals surface area contributed by atoms with E-state index in [4.69, 9.17) is 4.74 Å². The van der Waals surface area contributed by atoms with Crippen molar-refractivity contribution in [1.82, 2.24) is 4.98 Å². The average Bonchev–Trinajstić information content (AvgIpc) is 2.47. The Bertz CT molecular complexity index is 706. The summed E-state index contributed by atoms with van der Waals surface area (Å²) in [6.45, 7) is 0. The normalized spacial score (nSPS) is 10.0. The maximum atomic E-state index is 13.0. The molecule has 0 aliphatic carbocycles. The number of hydrogen-bond donors (Lipinski definition) is 1. The molecule has 2 rings (SSSR count). The van der Waals surface area contributed by atoms with Crippen LogP contribution in [0.4, 0.5) is 15.8 Å². The van der Waals surface area contributed by atoms with Crippen molar-refractivity contribution in [2.75, 3.05) is 12.4 Å². The summed E-state index contributed by atoms with van der Waals surface area (Å²) < 4.78 is 18.0. The van der Waals surface area contributed by atoms with Crippen molar-refractivity contribution in [3.05, 3.63) is 58.2 Å². The minimum Gasteiger partial charge on any atom is -0.494 e. The van der Waals surface area contributed by atoms with Gasteiger partial charge in [-0.2, -0.15) is 4.39 Å². The van der Waals surface area contributed by atoms with Crippen LogP contribution in [-0.2, 0) is 0 Å². The molecule has 7 nitrogen and oxygen atoms in total. The van der Waals surface area contributed by atoms with Crippen molar-refractivity contribution in [3.8, 4) is 5.75 Å². The SMILES string of the molecule is COc1cc([N+](=O)[O-])ccc1NC(=O)c1ccnc(F)c1. The molecule has 0 fully saturated rings. The molecule has 0 aliphatic heterocycles. The third kappa shape index (κ3) is 3.30. The maximum Gasteiger partial charge on any atom is 0.273 e. The van der Waals surface area contributed by atoms with Crippen molar-refractivity contribution in [3.63, 3.8) is 0 Å². The van der Waals surface area contributed by atoms with Gasteiger partial charge in [-0.1, -0.05) is 0 Å². The fraction of sp³-hybridized carbons (Fsp3) is 0.0769. The van der Waals surface area contributed by atoms with E-state index in [-0.39, 0.29) is 22.7 Å². The first-order valence-corrected chi connectivity index (χ1v) is 5.76. The van der Waals surface area contributed by atoms with Crippen molar-refractivity contribution in [2.24, 2.45) is 0 Å². The number of methoxy groups -OCH3 is 1. The average molecular weight is 291 g/mol. The summed E-state index contributed by atoms with van der Waals surface area (Å²) in [6, 6.07) is 6.07. The molecular formula is C13H10FN3O4. The number of non-ortho nitro benzene ring substituents is 1. The number of nitro benzene ring substituents is 1. The van der Waals surface area contributed by atoms with Crippen LogP contribution < -0.4 is 10.1 Å². The van der Waals surface area contributed by atoms with E-state index in [9.17, 15) is 19.3 Å². The largest absolute Gasteiger partial charge is 0.494 e. The number of benzene rings is 1. The second-order valence-corrected chi connectivity index (χ2v) is 3.96. The molecule has 0 unspecified atom stereocenters. The number of rotatable bonds is 4. The van der Waals surface area contributed by atoms with Gasteiger partial charge in [0.25, 0.3) is 11.6 Å². The number of ether oxygens (including phenoxy) is 1. The summed E-state index contributed by atoms with van der Waals surface area (Å²) in [6.07, 6.45) is 1.16. The van der Waals surface area contributed by atoms with Crippen molar-refractivity contribution in [1.29, 1.82) is 0 Å². The van der Waals surface area contributed by atoms with Crippen LogP contribution in [0.25, 0.3) is 0 Å². The molecule has 2 aromatic rings. The van der Waals surface area contributed by atoms with Crippen molar-refractivity contribution >= 4 is 17.3 Å². The number of halogens is 1. The number of pyridine rings is 1. The van der Waals surface area contributed by atoms with E-state index >= 15 is 0 Å². The fourth-order valence-corrected chi connectivity index (χ4v) is 1.63. The second-order valence-electron chi connectivity index (χ2n) is 3.96. The lowest BCUT2D eigenvalue weighted by Gasteiger charge is -2.09. The van der Waals surface area contributed by atoms with E-state index in [1.807, 2.05) is 0 Å². The first-order valence-electron chi connectivity index (χ1n) is 5.76. The molecular weight excluding hydrogens is 281 g/mol. The summed E-state index contributed by atoms with van der Waals surface area (Å²) in [5.41, 5.74) is 0.146. The molecule has 0 radical (unpaired) electrons. The highest BCUT2D eigenvalue weighted by Gasteiger charge is 2.14. The molecule has 1 aromatic carbocycles. The highest BCUT2D eigenvalue weighted by atomic mass is 19.1. The molecule has 0 spiro atoms. The number of anilines is 1. The van der Waals surface area contributed by atoms with E-state index in [0.29, 0.717) is 0 Å². The van der Waals surface area contributed by atoms with Crippen LogP contribution >= 0.6 is 0 Å². The summed E-state index contributed by atoms with van der Waals surface area (Å²) in [7, 11) is 1.32. The van der Waals surface area contributed by atoms with Gasteiger partial charge < -0.3 is 10.1 Å². The molecule has 0 saturated heterocycles. The first kappa shape index (κ1) is 14.4. The van der Waals surface area contributed by atoms with E-state index in [1.165, 1.54) is 31.4 Å². The smallest absolute Gasteiger partial charge is 0.273 e. The Morgan fingerprint density at radius 1 is 1.38 bits per heavy atom. The van der Waals surface area contributed by atoms with Crippen molar-refractivity contribution < 1.29 is 18.8 Å². The number of nitrogens with one attached hydrogen (secondary N) is 1. The summed E-state index contributed by atoms with van der Waals surface area (Å²) >= 11 is 0. The Morgan fingerprint density at radius 3 is 2.76 bits per heavy atom. The van der Waals surface area contributed by atoms with Gasteiger partial charge in [0.15, 0.2) is 0 Å². The molecule has 0 aliphatic rings. The molecule has 1 N–H and O–H groups in total. The lowest BCUT2D eigenvalue weighted by molar-refractivity contribution is -0.384. The van der Waals surface area contributed by atoms with Gasteiger partial charge in [-0.15, -0.1) is 0 Å². The van der Waals surface area contributed by atoms with E-state index in [0.717, 1.165) is 12.3 Å². The van der Waals surface area contributed by atoms with Crippen molar-refractivity contribution in [2.45, 2.75) is 0 Å². The molecule has 1 aromatic heterocycles. The van der Waals surface area contributed by atoms with Crippen LogP contribution in [0.15, 0.2) is 36.5 Å². The lowest BCUT2D eigenvalue weighted by atomic mass is 10.2. The predicted octanol–water partition coefficient (Wildman–Crippen LogP) is 2.39. The topological polar surface area (TPSA) is 94.4 Å².